The Labute approximate surface area is 122 Å². The van der Waals surface area contributed by atoms with Crippen LogP contribution in [-0.4, -0.2) is 22.7 Å². The Morgan fingerprint density at radius 2 is 2.10 bits per heavy atom. The number of likely N-dealkylation sites (N-methyl/N-ethyl adjacent to an activating group) is 1. The maximum atomic E-state index is 5.54. The SMILES string of the molecule is CCNC(CC)C(C)c1nc(C2CCC(CC)C2)no1. The molecule has 0 bridgehead atoms. The molecule has 4 atom stereocenters. The molecule has 1 saturated carbocycles. The predicted octanol–water partition coefficient (Wildman–Crippen LogP) is 3.85. The first-order chi connectivity index (χ1) is 9.69. The molecule has 4 unspecified atom stereocenters. The van der Waals surface area contributed by atoms with Gasteiger partial charge in [0.1, 0.15) is 0 Å². The minimum atomic E-state index is 0.282. The Morgan fingerprint density at radius 1 is 1.30 bits per heavy atom. The van der Waals surface area contributed by atoms with Gasteiger partial charge in [-0.05, 0) is 38.1 Å². The molecule has 4 heteroatoms. The summed E-state index contributed by atoms with van der Waals surface area (Å²) in [5.41, 5.74) is 0. The fourth-order valence-corrected chi connectivity index (χ4v) is 3.39. The molecule has 1 N–H and O–H groups in total. The van der Waals surface area contributed by atoms with E-state index in [0.29, 0.717) is 12.0 Å². The third-order valence-electron chi connectivity index (χ3n) is 4.84. The van der Waals surface area contributed by atoms with E-state index in [1.54, 1.807) is 0 Å². The Kier molecular flexibility index (Phi) is 5.58. The van der Waals surface area contributed by atoms with Gasteiger partial charge >= 0.3 is 0 Å². The molecule has 1 aliphatic rings. The number of aromatic nitrogens is 2. The summed E-state index contributed by atoms with van der Waals surface area (Å²) in [6.45, 7) is 9.77. The van der Waals surface area contributed by atoms with E-state index in [1.165, 1.54) is 25.7 Å². The van der Waals surface area contributed by atoms with Crippen LogP contribution in [0.4, 0.5) is 0 Å². The Balaban J connectivity index is 2.01. The van der Waals surface area contributed by atoms with Gasteiger partial charge in [0, 0.05) is 12.0 Å². The molecule has 4 nitrogen and oxygen atoms in total. The lowest BCUT2D eigenvalue weighted by Gasteiger charge is -2.20. The average Bonchev–Trinajstić information content (AvgIpc) is 3.11. The normalized spacial score (nSPS) is 25.8. The highest BCUT2D eigenvalue weighted by atomic mass is 16.5. The summed E-state index contributed by atoms with van der Waals surface area (Å²) >= 11 is 0. The lowest BCUT2D eigenvalue weighted by atomic mass is 9.99. The van der Waals surface area contributed by atoms with Gasteiger partial charge < -0.3 is 9.84 Å². The summed E-state index contributed by atoms with van der Waals surface area (Å²) in [5.74, 6) is 3.39. The molecule has 0 radical (unpaired) electrons. The fraction of sp³-hybridized carbons (Fsp3) is 0.875. The summed E-state index contributed by atoms with van der Waals surface area (Å²) in [5, 5.41) is 7.75. The van der Waals surface area contributed by atoms with Crippen molar-refractivity contribution in [1.82, 2.24) is 15.5 Å². The van der Waals surface area contributed by atoms with Gasteiger partial charge in [0.05, 0.1) is 5.92 Å². The zero-order valence-corrected chi connectivity index (χ0v) is 13.4. The van der Waals surface area contributed by atoms with Crippen LogP contribution < -0.4 is 5.32 Å². The molecule has 0 spiro atoms. The van der Waals surface area contributed by atoms with Crippen molar-refractivity contribution >= 4 is 0 Å². The van der Waals surface area contributed by atoms with E-state index in [1.807, 2.05) is 0 Å². The standard InChI is InChI=1S/C16H29N3O/c1-5-12-8-9-13(10-12)15-18-16(20-19-15)11(4)14(6-2)17-7-3/h11-14,17H,5-10H2,1-4H3. The third kappa shape index (κ3) is 3.40. The summed E-state index contributed by atoms with van der Waals surface area (Å²) in [6, 6.07) is 0.417. The number of hydrogen-bond acceptors (Lipinski definition) is 4. The molecule has 0 aromatic carbocycles. The zero-order chi connectivity index (χ0) is 14.5. The van der Waals surface area contributed by atoms with E-state index in [4.69, 9.17) is 9.51 Å². The predicted molar refractivity (Wildman–Crippen MR) is 80.8 cm³/mol. The molecule has 0 saturated heterocycles. The first-order valence-corrected chi connectivity index (χ1v) is 8.26. The van der Waals surface area contributed by atoms with Crippen molar-refractivity contribution in [3.05, 3.63) is 11.7 Å². The highest BCUT2D eigenvalue weighted by Crippen LogP contribution is 2.38. The molecule has 20 heavy (non-hydrogen) atoms. The van der Waals surface area contributed by atoms with Crippen LogP contribution >= 0.6 is 0 Å². The van der Waals surface area contributed by atoms with Crippen molar-refractivity contribution < 1.29 is 4.52 Å². The van der Waals surface area contributed by atoms with Crippen molar-refractivity contribution in [2.24, 2.45) is 5.92 Å². The van der Waals surface area contributed by atoms with E-state index in [2.05, 4.69) is 38.2 Å². The van der Waals surface area contributed by atoms with Crippen LogP contribution in [0.1, 0.15) is 83.3 Å². The highest BCUT2D eigenvalue weighted by molar-refractivity contribution is 5.03. The summed E-state index contributed by atoms with van der Waals surface area (Å²) < 4.78 is 5.54. The van der Waals surface area contributed by atoms with Crippen LogP contribution in [0.2, 0.25) is 0 Å². The van der Waals surface area contributed by atoms with Crippen molar-refractivity contribution in [3.8, 4) is 0 Å². The van der Waals surface area contributed by atoms with Gasteiger partial charge in [-0.3, -0.25) is 0 Å². The quantitative estimate of drug-likeness (QED) is 0.823. The van der Waals surface area contributed by atoms with Gasteiger partial charge in [0.25, 0.3) is 0 Å². The maximum absolute atomic E-state index is 5.54. The monoisotopic (exact) mass is 279 g/mol. The summed E-state index contributed by atoms with van der Waals surface area (Å²) in [6.07, 6.45) is 6.12. The van der Waals surface area contributed by atoms with Crippen LogP contribution in [0.3, 0.4) is 0 Å². The van der Waals surface area contributed by atoms with Crippen molar-refractivity contribution in [1.29, 1.82) is 0 Å². The average molecular weight is 279 g/mol. The fourth-order valence-electron chi connectivity index (χ4n) is 3.39. The smallest absolute Gasteiger partial charge is 0.231 e. The van der Waals surface area contributed by atoms with Gasteiger partial charge in [-0.15, -0.1) is 0 Å². The number of nitrogens with one attached hydrogen (secondary N) is 1. The van der Waals surface area contributed by atoms with Gasteiger partial charge in [0.2, 0.25) is 5.89 Å². The second-order valence-electron chi connectivity index (χ2n) is 6.14. The molecule has 2 rings (SSSR count). The topological polar surface area (TPSA) is 51.0 Å². The van der Waals surface area contributed by atoms with Gasteiger partial charge in [-0.2, -0.15) is 4.98 Å². The zero-order valence-electron chi connectivity index (χ0n) is 13.4. The van der Waals surface area contributed by atoms with E-state index in [-0.39, 0.29) is 5.92 Å². The third-order valence-corrected chi connectivity index (χ3v) is 4.84. The molecule has 1 aliphatic carbocycles. The van der Waals surface area contributed by atoms with E-state index in [0.717, 1.165) is 30.6 Å². The van der Waals surface area contributed by atoms with E-state index < -0.39 is 0 Å². The Morgan fingerprint density at radius 3 is 2.70 bits per heavy atom. The lowest BCUT2D eigenvalue weighted by molar-refractivity contribution is 0.318. The summed E-state index contributed by atoms with van der Waals surface area (Å²) in [4.78, 5) is 4.69. The molecule has 1 aromatic rings. The number of hydrogen-bond donors (Lipinski definition) is 1. The number of rotatable bonds is 7. The first kappa shape index (κ1) is 15.5. The molecule has 0 amide bonds. The molecule has 1 heterocycles. The number of nitrogens with zero attached hydrogens (tertiary/aromatic N) is 2. The van der Waals surface area contributed by atoms with E-state index in [9.17, 15) is 0 Å². The first-order valence-electron chi connectivity index (χ1n) is 8.26. The van der Waals surface area contributed by atoms with Crippen LogP contribution in [0.5, 0.6) is 0 Å². The van der Waals surface area contributed by atoms with Crippen molar-refractivity contribution in [2.45, 2.75) is 77.7 Å². The minimum Gasteiger partial charge on any atom is -0.339 e. The van der Waals surface area contributed by atoms with Gasteiger partial charge in [-0.1, -0.05) is 39.3 Å². The largest absolute Gasteiger partial charge is 0.339 e. The van der Waals surface area contributed by atoms with Gasteiger partial charge in [-0.25, -0.2) is 0 Å². The van der Waals surface area contributed by atoms with E-state index >= 15 is 0 Å². The maximum Gasteiger partial charge on any atom is 0.231 e. The van der Waals surface area contributed by atoms with Crippen LogP contribution in [-0.2, 0) is 0 Å². The molecular weight excluding hydrogens is 250 g/mol. The minimum absolute atomic E-state index is 0.282. The van der Waals surface area contributed by atoms with Crippen molar-refractivity contribution in [2.75, 3.05) is 6.54 Å². The Hall–Kier alpha value is -0.900. The Bertz CT molecular complexity index is 404. The molecular formula is C16H29N3O. The molecule has 114 valence electrons. The lowest BCUT2D eigenvalue weighted by Crippen LogP contribution is -2.33. The highest BCUT2D eigenvalue weighted by Gasteiger charge is 2.30. The summed E-state index contributed by atoms with van der Waals surface area (Å²) in [7, 11) is 0. The molecule has 1 fully saturated rings. The van der Waals surface area contributed by atoms with Crippen LogP contribution in [0.25, 0.3) is 0 Å². The molecule has 1 aromatic heterocycles. The van der Waals surface area contributed by atoms with Crippen LogP contribution in [0, 0.1) is 5.92 Å². The van der Waals surface area contributed by atoms with Crippen LogP contribution in [0.15, 0.2) is 4.52 Å². The second kappa shape index (κ2) is 7.21. The molecule has 0 aliphatic heterocycles. The second-order valence-corrected chi connectivity index (χ2v) is 6.14. The van der Waals surface area contributed by atoms with Crippen molar-refractivity contribution in [3.63, 3.8) is 0 Å². The van der Waals surface area contributed by atoms with Gasteiger partial charge in [0.15, 0.2) is 5.82 Å².